The molecule has 5 nitrogen and oxygen atoms in total. The summed E-state index contributed by atoms with van der Waals surface area (Å²) in [7, 11) is -2.96. The van der Waals surface area contributed by atoms with E-state index in [0.717, 1.165) is 6.07 Å². The Morgan fingerprint density at radius 2 is 1.67 bits per heavy atom. The molecule has 0 radical (unpaired) electrons. The first-order valence-electron chi connectivity index (χ1n) is 5.81. The van der Waals surface area contributed by atoms with Gasteiger partial charge in [0, 0.05) is 0 Å². The maximum Gasteiger partial charge on any atom is 0.339 e. The lowest BCUT2D eigenvalue weighted by atomic mass is 10.2. The molecular weight excluding hydrogens is 299 g/mol. The highest BCUT2D eigenvalue weighted by Gasteiger charge is 2.19. The van der Waals surface area contributed by atoms with Crippen molar-refractivity contribution in [2.24, 2.45) is 0 Å². The van der Waals surface area contributed by atoms with Gasteiger partial charge >= 0.3 is 16.1 Å². The number of halogens is 1. The molecule has 0 aliphatic heterocycles. The lowest BCUT2D eigenvalue weighted by Crippen LogP contribution is -2.11. The average Bonchev–Trinajstić information content (AvgIpc) is 2.49. The van der Waals surface area contributed by atoms with Crippen molar-refractivity contribution < 1.29 is 26.5 Å². The van der Waals surface area contributed by atoms with E-state index >= 15 is 0 Å². The van der Waals surface area contributed by atoms with Crippen molar-refractivity contribution in [2.45, 2.75) is 4.90 Å². The molecule has 0 atom stereocenters. The monoisotopic (exact) mass is 310 g/mol. The van der Waals surface area contributed by atoms with Crippen LogP contribution >= 0.6 is 0 Å². The molecule has 0 aromatic heterocycles. The van der Waals surface area contributed by atoms with Gasteiger partial charge in [-0.25, -0.2) is 9.18 Å². The molecule has 21 heavy (non-hydrogen) atoms. The van der Waals surface area contributed by atoms with Crippen molar-refractivity contribution in [3.8, 4) is 5.75 Å². The van der Waals surface area contributed by atoms with Crippen molar-refractivity contribution in [1.29, 1.82) is 0 Å². The number of para-hydroxylation sites is 1. The first kappa shape index (κ1) is 15.0. The third-order valence-corrected chi connectivity index (χ3v) is 3.85. The smallest absolute Gasteiger partial charge is 0.339 e. The maximum absolute atomic E-state index is 13.4. The fourth-order valence-corrected chi connectivity index (χ4v) is 2.49. The number of hydrogen-bond donors (Lipinski definition) is 0. The van der Waals surface area contributed by atoms with Crippen molar-refractivity contribution >= 4 is 16.1 Å². The zero-order valence-corrected chi connectivity index (χ0v) is 11.8. The minimum atomic E-state index is -4.18. The van der Waals surface area contributed by atoms with Gasteiger partial charge in [-0.2, -0.15) is 8.42 Å². The van der Waals surface area contributed by atoms with Crippen molar-refractivity contribution in [3.05, 3.63) is 59.9 Å². The molecule has 0 saturated carbocycles. The standard InChI is InChI=1S/C14H11FO5S/c1-19-14(16)10-6-8-11(9-7-10)21(17,18)20-13-5-3-2-4-12(13)15/h2-9H,1H3. The fourth-order valence-electron chi connectivity index (χ4n) is 1.55. The summed E-state index contributed by atoms with van der Waals surface area (Å²) in [5.74, 6) is -1.77. The van der Waals surface area contributed by atoms with Crippen molar-refractivity contribution in [1.82, 2.24) is 0 Å². The molecule has 0 fully saturated rings. The molecule has 2 aromatic rings. The zero-order valence-electron chi connectivity index (χ0n) is 10.9. The predicted molar refractivity (Wildman–Crippen MR) is 72.0 cm³/mol. The van der Waals surface area contributed by atoms with E-state index in [2.05, 4.69) is 4.74 Å². The molecule has 0 aliphatic rings. The van der Waals surface area contributed by atoms with Crippen LogP contribution in [0.4, 0.5) is 4.39 Å². The number of esters is 1. The van der Waals surface area contributed by atoms with Crippen LogP contribution in [0.15, 0.2) is 53.4 Å². The van der Waals surface area contributed by atoms with Gasteiger partial charge in [-0.3, -0.25) is 0 Å². The Morgan fingerprint density at radius 1 is 1.05 bits per heavy atom. The van der Waals surface area contributed by atoms with Crippen LogP contribution in [0.25, 0.3) is 0 Å². The predicted octanol–water partition coefficient (Wildman–Crippen LogP) is 2.38. The van der Waals surface area contributed by atoms with Crippen LogP contribution in [0.5, 0.6) is 5.75 Å². The fraction of sp³-hybridized carbons (Fsp3) is 0.0714. The second-order valence-electron chi connectivity index (χ2n) is 3.98. The van der Waals surface area contributed by atoms with Gasteiger partial charge in [0.1, 0.15) is 4.90 Å². The van der Waals surface area contributed by atoms with Crippen LogP contribution in [-0.4, -0.2) is 21.5 Å². The molecule has 2 aromatic carbocycles. The Hall–Kier alpha value is -2.41. The van der Waals surface area contributed by atoms with Crippen LogP contribution < -0.4 is 4.18 Å². The summed E-state index contributed by atoms with van der Waals surface area (Å²) >= 11 is 0. The van der Waals surface area contributed by atoms with Crippen LogP contribution in [0.3, 0.4) is 0 Å². The van der Waals surface area contributed by atoms with E-state index in [0.29, 0.717) is 0 Å². The summed E-state index contributed by atoms with van der Waals surface area (Å²) in [6.45, 7) is 0. The largest absolute Gasteiger partial charge is 0.465 e. The normalized spacial score (nSPS) is 11.0. The lowest BCUT2D eigenvalue weighted by Gasteiger charge is -2.08. The number of benzene rings is 2. The molecule has 0 unspecified atom stereocenters. The second kappa shape index (κ2) is 5.92. The summed E-state index contributed by atoms with van der Waals surface area (Å²) in [6, 6.07) is 10.1. The third-order valence-electron chi connectivity index (χ3n) is 2.60. The van der Waals surface area contributed by atoms with Crippen molar-refractivity contribution in [2.75, 3.05) is 7.11 Å². The van der Waals surface area contributed by atoms with E-state index in [-0.39, 0.29) is 10.5 Å². The molecule has 0 amide bonds. The van der Waals surface area contributed by atoms with Crippen LogP contribution in [0.1, 0.15) is 10.4 Å². The molecule has 0 saturated heterocycles. The zero-order chi connectivity index (χ0) is 15.5. The highest BCUT2D eigenvalue weighted by molar-refractivity contribution is 7.87. The number of ether oxygens (including phenoxy) is 1. The summed E-state index contributed by atoms with van der Waals surface area (Å²) in [4.78, 5) is 11.1. The lowest BCUT2D eigenvalue weighted by molar-refractivity contribution is 0.0600. The van der Waals surface area contributed by atoms with Gasteiger partial charge in [0.15, 0.2) is 11.6 Å². The van der Waals surface area contributed by atoms with Gasteiger partial charge in [0.25, 0.3) is 0 Å². The van der Waals surface area contributed by atoms with Gasteiger partial charge in [-0.1, -0.05) is 12.1 Å². The number of methoxy groups -OCH3 is 1. The van der Waals surface area contributed by atoms with E-state index in [9.17, 15) is 17.6 Å². The Labute approximate surface area is 121 Å². The van der Waals surface area contributed by atoms with Crippen molar-refractivity contribution in [3.63, 3.8) is 0 Å². The Kier molecular flexibility index (Phi) is 4.23. The van der Waals surface area contributed by atoms with E-state index in [1.807, 2.05) is 0 Å². The quantitative estimate of drug-likeness (QED) is 0.640. The van der Waals surface area contributed by atoms with E-state index < -0.39 is 27.7 Å². The SMILES string of the molecule is COC(=O)c1ccc(S(=O)(=O)Oc2ccccc2F)cc1. The van der Waals surface area contributed by atoms with Crippen LogP contribution in [-0.2, 0) is 14.9 Å². The molecule has 0 aliphatic carbocycles. The first-order chi connectivity index (χ1) is 9.94. The highest BCUT2D eigenvalue weighted by Crippen LogP contribution is 2.21. The molecule has 7 heteroatoms. The van der Waals surface area contributed by atoms with E-state index in [4.69, 9.17) is 4.18 Å². The van der Waals surface area contributed by atoms with Gasteiger partial charge < -0.3 is 8.92 Å². The van der Waals surface area contributed by atoms with Gasteiger partial charge in [-0.15, -0.1) is 0 Å². The van der Waals surface area contributed by atoms with Crippen LogP contribution in [0.2, 0.25) is 0 Å². The molecule has 2 rings (SSSR count). The average molecular weight is 310 g/mol. The second-order valence-corrected chi connectivity index (χ2v) is 5.53. The molecule has 0 heterocycles. The Morgan fingerprint density at radius 3 is 2.24 bits per heavy atom. The maximum atomic E-state index is 13.4. The topological polar surface area (TPSA) is 69.7 Å². The summed E-state index contributed by atoms with van der Waals surface area (Å²) in [6.07, 6.45) is 0. The number of hydrogen-bond acceptors (Lipinski definition) is 5. The highest BCUT2D eigenvalue weighted by atomic mass is 32.2. The number of rotatable bonds is 4. The first-order valence-corrected chi connectivity index (χ1v) is 7.22. The van der Waals surface area contributed by atoms with Gasteiger partial charge in [-0.05, 0) is 36.4 Å². The number of carbonyl (C=O) groups excluding carboxylic acids is 1. The summed E-state index contributed by atoms with van der Waals surface area (Å²) in [5.41, 5.74) is 0.197. The molecule has 0 bridgehead atoms. The van der Waals surface area contributed by atoms with E-state index in [1.165, 1.54) is 49.6 Å². The van der Waals surface area contributed by atoms with Crippen LogP contribution in [0, 0.1) is 5.82 Å². The Bertz CT molecular complexity index is 753. The molecular formula is C14H11FO5S. The minimum Gasteiger partial charge on any atom is -0.465 e. The summed E-state index contributed by atoms with van der Waals surface area (Å²) in [5, 5.41) is 0. The molecule has 110 valence electrons. The third kappa shape index (κ3) is 3.38. The summed E-state index contributed by atoms with van der Waals surface area (Å²) < 4.78 is 46.6. The van der Waals surface area contributed by atoms with Gasteiger partial charge in [0.05, 0.1) is 12.7 Å². The Balaban J connectivity index is 2.28. The van der Waals surface area contributed by atoms with Gasteiger partial charge in [0.2, 0.25) is 0 Å². The molecule has 0 N–H and O–H groups in total. The number of carbonyl (C=O) groups is 1. The molecule has 0 spiro atoms. The minimum absolute atomic E-state index is 0.196. The van der Waals surface area contributed by atoms with E-state index in [1.54, 1.807) is 0 Å².